The van der Waals surface area contributed by atoms with Crippen molar-refractivity contribution in [2.75, 3.05) is 30.2 Å². The van der Waals surface area contributed by atoms with Gasteiger partial charge in [0.25, 0.3) is 5.91 Å². The lowest BCUT2D eigenvalue weighted by Crippen LogP contribution is -2.47. The molecule has 0 bridgehead atoms. The van der Waals surface area contributed by atoms with Crippen molar-refractivity contribution in [3.63, 3.8) is 0 Å². The van der Waals surface area contributed by atoms with Crippen molar-refractivity contribution in [3.05, 3.63) is 29.8 Å². The summed E-state index contributed by atoms with van der Waals surface area (Å²) in [7, 11) is -3.30. The van der Waals surface area contributed by atoms with E-state index in [0.717, 1.165) is 0 Å². The van der Waals surface area contributed by atoms with Gasteiger partial charge >= 0.3 is 0 Å². The number of carbonyl (C=O) groups excluding carboxylic acids is 1. The highest BCUT2D eigenvalue weighted by atomic mass is 32.2. The highest BCUT2D eigenvalue weighted by molar-refractivity contribution is 7.92. The molecule has 1 unspecified atom stereocenters. The van der Waals surface area contributed by atoms with E-state index in [1.807, 2.05) is 6.92 Å². The summed E-state index contributed by atoms with van der Waals surface area (Å²) in [6, 6.07) is 6.53. The Bertz CT molecular complexity index is 598. The first-order chi connectivity index (χ1) is 9.93. The van der Waals surface area contributed by atoms with Crippen LogP contribution in [0.2, 0.25) is 0 Å². The Kier molecular flexibility index (Phi) is 4.84. The zero-order valence-corrected chi connectivity index (χ0v) is 13.0. The van der Waals surface area contributed by atoms with E-state index in [2.05, 4.69) is 4.72 Å². The van der Waals surface area contributed by atoms with Gasteiger partial charge in [-0.05, 0) is 38.1 Å². The average Bonchev–Trinajstić information content (AvgIpc) is 2.47. The van der Waals surface area contributed by atoms with E-state index < -0.39 is 10.0 Å². The number of hydrogen-bond donors (Lipinski definition) is 1. The van der Waals surface area contributed by atoms with Crippen LogP contribution in [0.25, 0.3) is 0 Å². The van der Waals surface area contributed by atoms with Gasteiger partial charge in [-0.3, -0.25) is 9.52 Å². The fourth-order valence-electron chi connectivity index (χ4n) is 2.13. The fourth-order valence-corrected chi connectivity index (χ4v) is 2.77. The Balaban J connectivity index is 2.09. The second kappa shape index (κ2) is 6.44. The van der Waals surface area contributed by atoms with E-state index in [1.54, 1.807) is 36.1 Å². The molecule has 0 saturated carbocycles. The highest BCUT2D eigenvalue weighted by Crippen LogP contribution is 2.16. The summed E-state index contributed by atoms with van der Waals surface area (Å²) in [6.45, 7) is 5.18. The summed E-state index contributed by atoms with van der Waals surface area (Å²) < 4.78 is 30.7. The van der Waals surface area contributed by atoms with Crippen LogP contribution < -0.4 is 4.72 Å². The molecule has 1 amide bonds. The minimum Gasteiger partial charge on any atom is -0.377 e. The molecule has 1 aromatic rings. The zero-order valence-electron chi connectivity index (χ0n) is 12.2. The predicted octanol–water partition coefficient (Wildman–Crippen LogP) is 1.31. The summed E-state index contributed by atoms with van der Waals surface area (Å²) in [5, 5.41) is 0. The maximum absolute atomic E-state index is 12.4. The van der Waals surface area contributed by atoms with Gasteiger partial charge < -0.3 is 9.64 Å². The largest absolute Gasteiger partial charge is 0.377 e. The van der Waals surface area contributed by atoms with Gasteiger partial charge in [0.15, 0.2) is 0 Å². The number of benzene rings is 1. The first-order valence-corrected chi connectivity index (χ1v) is 8.57. The van der Waals surface area contributed by atoms with Crippen LogP contribution >= 0.6 is 0 Å². The molecule has 1 aliphatic heterocycles. The van der Waals surface area contributed by atoms with E-state index in [4.69, 9.17) is 4.74 Å². The summed E-state index contributed by atoms with van der Waals surface area (Å²) >= 11 is 0. The summed E-state index contributed by atoms with van der Waals surface area (Å²) in [5.74, 6) is -0.0467. The number of carbonyl (C=O) groups is 1. The molecule has 0 aromatic heterocycles. The van der Waals surface area contributed by atoms with Crippen LogP contribution in [-0.4, -0.2) is 50.8 Å². The van der Waals surface area contributed by atoms with Crippen molar-refractivity contribution < 1.29 is 17.9 Å². The summed E-state index contributed by atoms with van der Waals surface area (Å²) in [5.41, 5.74) is 1.01. The minimum atomic E-state index is -3.30. The number of anilines is 1. The van der Waals surface area contributed by atoms with Gasteiger partial charge in [-0.1, -0.05) is 0 Å². The monoisotopic (exact) mass is 312 g/mol. The predicted molar refractivity (Wildman–Crippen MR) is 80.8 cm³/mol. The molecule has 1 fully saturated rings. The lowest BCUT2D eigenvalue weighted by molar-refractivity contribution is 0.00359. The normalized spacial score (nSPS) is 19.3. The molecule has 0 spiro atoms. The van der Waals surface area contributed by atoms with Crippen LogP contribution in [0.15, 0.2) is 24.3 Å². The van der Waals surface area contributed by atoms with E-state index in [1.165, 1.54) is 0 Å². The highest BCUT2D eigenvalue weighted by Gasteiger charge is 2.24. The van der Waals surface area contributed by atoms with Crippen LogP contribution in [0.1, 0.15) is 24.2 Å². The zero-order chi connectivity index (χ0) is 15.5. The van der Waals surface area contributed by atoms with Crippen LogP contribution in [0.5, 0.6) is 0 Å². The molecule has 1 aliphatic rings. The third-order valence-corrected chi connectivity index (χ3v) is 4.72. The SMILES string of the molecule is CCS(=O)(=O)Nc1ccc(C(=O)N2CCOCC2C)cc1. The quantitative estimate of drug-likeness (QED) is 0.909. The maximum Gasteiger partial charge on any atom is 0.254 e. The summed E-state index contributed by atoms with van der Waals surface area (Å²) in [4.78, 5) is 14.2. The standard InChI is InChI=1S/C14H20N2O4S/c1-3-21(18,19)15-13-6-4-12(5-7-13)14(17)16-8-9-20-10-11(16)2/h4-7,11,15H,3,8-10H2,1-2H3. The van der Waals surface area contributed by atoms with Gasteiger partial charge in [0.2, 0.25) is 10.0 Å². The lowest BCUT2D eigenvalue weighted by atomic mass is 10.1. The molecule has 0 aliphatic carbocycles. The number of ether oxygens (including phenoxy) is 1. The molecule has 1 saturated heterocycles. The van der Waals surface area contributed by atoms with Crippen molar-refractivity contribution in [3.8, 4) is 0 Å². The molecule has 2 rings (SSSR count). The molecule has 1 heterocycles. The smallest absolute Gasteiger partial charge is 0.254 e. The fraction of sp³-hybridized carbons (Fsp3) is 0.500. The third kappa shape index (κ3) is 3.95. The van der Waals surface area contributed by atoms with Gasteiger partial charge in [-0.15, -0.1) is 0 Å². The number of hydrogen-bond acceptors (Lipinski definition) is 4. The Morgan fingerprint density at radius 1 is 1.38 bits per heavy atom. The Hall–Kier alpha value is -1.60. The second-order valence-electron chi connectivity index (χ2n) is 5.01. The number of amides is 1. The van der Waals surface area contributed by atoms with E-state index in [0.29, 0.717) is 31.0 Å². The molecule has 1 aromatic carbocycles. The van der Waals surface area contributed by atoms with Crippen molar-refractivity contribution >= 4 is 21.6 Å². The van der Waals surface area contributed by atoms with Crippen LogP contribution in [0, 0.1) is 0 Å². The number of rotatable bonds is 4. The molecule has 7 heteroatoms. The molecule has 0 radical (unpaired) electrons. The van der Waals surface area contributed by atoms with Gasteiger partial charge in [0, 0.05) is 17.8 Å². The van der Waals surface area contributed by atoms with Gasteiger partial charge in [-0.2, -0.15) is 0 Å². The number of nitrogens with zero attached hydrogens (tertiary/aromatic N) is 1. The Labute approximate surface area is 125 Å². The van der Waals surface area contributed by atoms with E-state index >= 15 is 0 Å². The van der Waals surface area contributed by atoms with Crippen LogP contribution in [0.3, 0.4) is 0 Å². The van der Waals surface area contributed by atoms with E-state index in [-0.39, 0.29) is 17.7 Å². The maximum atomic E-state index is 12.4. The van der Waals surface area contributed by atoms with Crippen molar-refractivity contribution in [2.24, 2.45) is 0 Å². The van der Waals surface area contributed by atoms with Crippen LogP contribution in [0.4, 0.5) is 5.69 Å². The first-order valence-electron chi connectivity index (χ1n) is 6.92. The summed E-state index contributed by atoms with van der Waals surface area (Å²) in [6.07, 6.45) is 0. The molecule has 1 atom stereocenters. The Morgan fingerprint density at radius 3 is 2.62 bits per heavy atom. The molecule has 6 nitrogen and oxygen atoms in total. The molecule has 116 valence electrons. The number of morpholine rings is 1. The van der Waals surface area contributed by atoms with Gasteiger partial charge in [-0.25, -0.2) is 8.42 Å². The second-order valence-corrected chi connectivity index (χ2v) is 7.02. The lowest BCUT2D eigenvalue weighted by Gasteiger charge is -2.33. The number of sulfonamides is 1. The average molecular weight is 312 g/mol. The number of nitrogens with one attached hydrogen (secondary N) is 1. The Morgan fingerprint density at radius 2 is 2.05 bits per heavy atom. The minimum absolute atomic E-state index is 0.0129. The molecular weight excluding hydrogens is 292 g/mol. The van der Waals surface area contributed by atoms with Crippen molar-refractivity contribution in [1.29, 1.82) is 0 Å². The van der Waals surface area contributed by atoms with Gasteiger partial charge in [0.1, 0.15) is 0 Å². The first kappa shape index (κ1) is 15.8. The van der Waals surface area contributed by atoms with Crippen LogP contribution in [-0.2, 0) is 14.8 Å². The van der Waals surface area contributed by atoms with Crippen molar-refractivity contribution in [2.45, 2.75) is 19.9 Å². The molecular formula is C14H20N2O4S. The third-order valence-electron chi connectivity index (χ3n) is 3.41. The van der Waals surface area contributed by atoms with Crippen molar-refractivity contribution in [1.82, 2.24) is 4.90 Å². The topological polar surface area (TPSA) is 75.7 Å². The molecule has 1 N–H and O–H groups in total. The van der Waals surface area contributed by atoms with E-state index in [9.17, 15) is 13.2 Å². The van der Waals surface area contributed by atoms with Gasteiger partial charge in [0.05, 0.1) is 25.0 Å². The molecule has 21 heavy (non-hydrogen) atoms.